The quantitative estimate of drug-likeness (QED) is 0.540. The molecule has 0 aliphatic carbocycles. The van der Waals surface area contributed by atoms with E-state index in [2.05, 4.69) is 15.2 Å². The second kappa shape index (κ2) is 4.82. The number of phenols is 1. The van der Waals surface area contributed by atoms with Gasteiger partial charge in [0.1, 0.15) is 16.8 Å². The number of carbonyl (C=O) groups is 1. The highest BCUT2D eigenvalue weighted by Crippen LogP contribution is 2.17. The van der Waals surface area contributed by atoms with Gasteiger partial charge in [-0.25, -0.2) is 4.79 Å². The van der Waals surface area contributed by atoms with Crippen molar-refractivity contribution >= 4 is 22.8 Å². The second-order valence-electron chi connectivity index (χ2n) is 4.22. The average Bonchev–Trinajstić information content (AvgIpc) is 2.46. The van der Waals surface area contributed by atoms with Crippen LogP contribution in [0.1, 0.15) is 17.3 Å². The molecule has 106 valence electrons. The molecule has 0 aliphatic heterocycles. The predicted octanol–water partition coefficient (Wildman–Crippen LogP) is 0.520. The van der Waals surface area contributed by atoms with Crippen LogP contribution in [0, 0.1) is 0 Å². The zero-order valence-corrected chi connectivity index (χ0v) is 11.0. The van der Waals surface area contributed by atoms with Crippen LogP contribution in [0.25, 0.3) is 16.8 Å². The molecule has 1 N–H and O–H groups in total. The minimum atomic E-state index is -0.755. The molecule has 0 fully saturated rings. The number of nitrogens with zero attached hydrogens (tertiary/aromatic N) is 4. The van der Waals surface area contributed by atoms with Crippen LogP contribution in [0.2, 0.25) is 0 Å². The maximum atomic E-state index is 11.8. The zero-order chi connectivity index (χ0) is 15.0. The fraction of sp³-hybridized carbons (Fsp3) is 0.154. The Morgan fingerprint density at radius 3 is 2.95 bits per heavy atom. The topological polar surface area (TPSA) is 107 Å². The van der Waals surface area contributed by atoms with Crippen molar-refractivity contribution in [2.45, 2.75) is 6.92 Å². The SMILES string of the molecule is CCOC(=O)c1cn2c(nnc3ccc(O)cc32)nc1=O. The van der Waals surface area contributed by atoms with Crippen molar-refractivity contribution in [1.82, 2.24) is 19.6 Å². The number of carbonyl (C=O) groups excluding carboxylic acids is 1. The van der Waals surface area contributed by atoms with Gasteiger partial charge in [0.05, 0.1) is 12.1 Å². The molecular formula is C13H10N4O4. The van der Waals surface area contributed by atoms with E-state index in [1.807, 2.05) is 0 Å². The Bertz CT molecular complexity index is 919. The van der Waals surface area contributed by atoms with Gasteiger partial charge in [0, 0.05) is 12.3 Å². The van der Waals surface area contributed by atoms with Crippen molar-refractivity contribution in [2.24, 2.45) is 0 Å². The lowest BCUT2D eigenvalue weighted by Crippen LogP contribution is -2.22. The van der Waals surface area contributed by atoms with Gasteiger partial charge in [-0.05, 0) is 19.1 Å². The number of ether oxygens (including phenoxy) is 1. The Kier molecular flexibility index (Phi) is 2.98. The lowest BCUT2D eigenvalue weighted by molar-refractivity contribution is 0.0523. The number of esters is 1. The van der Waals surface area contributed by atoms with Crippen LogP contribution < -0.4 is 5.56 Å². The van der Waals surface area contributed by atoms with E-state index in [-0.39, 0.29) is 23.7 Å². The van der Waals surface area contributed by atoms with Crippen molar-refractivity contribution in [3.8, 4) is 5.75 Å². The number of rotatable bonds is 2. The molecule has 0 radical (unpaired) electrons. The first-order valence-electron chi connectivity index (χ1n) is 6.16. The molecule has 3 aromatic rings. The molecule has 8 heteroatoms. The summed E-state index contributed by atoms with van der Waals surface area (Å²) < 4.78 is 6.23. The van der Waals surface area contributed by atoms with E-state index in [1.165, 1.54) is 22.7 Å². The first-order valence-corrected chi connectivity index (χ1v) is 6.16. The summed E-state index contributed by atoms with van der Waals surface area (Å²) in [5.41, 5.74) is 0.0212. The maximum absolute atomic E-state index is 11.8. The summed E-state index contributed by atoms with van der Waals surface area (Å²) in [6, 6.07) is 4.47. The van der Waals surface area contributed by atoms with Crippen molar-refractivity contribution < 1.29 is 14.6 Å². The van der Waals surface area contributed by atoms with Crippen molar-refractivity contribution in [1.29, 1.82) is 0 Å². The van der Waals surface area contributed by atoms with Gasteiger partial charge >= 0.3 is 5.97 Å². The number of aromatic hydroxyl groups is 1. The van der Waals surface area contributed by atoms with E-state index in [1.54, 1.807) is 13.0 Å². The van der Waals surface area contributed by atoms with E-state index >= 15 is 0 Å². The Hall–Kier alpha value is -3.03. The molecule has 0 amide bonds. The monoisotopic (exact) mass is 286 g/mol. The van der Waals surface area contributed by atoms with Gasteiger partial charge in [-0.2, -0.15) is 4.98 Å². The molecule has 0 bridgehead atoms. The third-order valence-corrected chi connectivity index (χ3v) is 2.87. The molecule has 0 saturated carbocycles. The van der Waals surface area contributed by atoms with E-state index in [0.717, 1.165) is 0 Å². The van der Waals surface area contributed by atoms with E-state index in [9.17, 15) is 14.7 Å². The summed E-state index contributed by atoms with van der Waals surface area (Å²) in [6.45, 7) is 1.79. The van der Waals surface area contributed by atoms with E-state index in [4.69, 9.17) is 4.74 Å². The summed E-state index contributed by atoms with van der Waals surface area (Å²) in [6.07, 6.45) is 1.29. The third kappa shape index (κ3) is 2.16. The smallest absolute Gasteiger partial charge is 0.345 e. The third-order valence-electron chi connectivity index (χ3n) is 2.87. The molecule has 0 spiro atoms. The van der Waals surface area contributed by atoms with Gasteiger partial charge < -0.3 is 9.84 Å². The summed E-state index contributed by atoms with van der Waals surface area (Å²) in [5.74, 6) is -0.700. The van der Waals surface area contributed by atoms with Crippen LogP contribution in [0.5, 0.6) is 5.75 Å². The van der Waals surface area contributed by atoms with Gasteiger partial charge in [0.2, 0.25) is 0 Å². The number of phenolic OH excluding ortho intramolecular Hbond substituents is 1. The van der Waals surface area contributed by atoms with Crippen molar-refractivity contribution in [3.05, 3.63) is 40.3 Å². The molecule has 0 unspecified atom stereocenters. The highest BCUT2D eigenvalue weighted by Gasteiger charge is 2.15. The van der Waals surface area contributed by atoms with Crippen LogP contribution in [0.15, 0.2) is 29.2 Å². The molecule has 2 heterocycles. The summed E-state index contributed by atoms with van der Waals surface area (Å²) in [5, 5.41) is 17.3. The first-order chi connectivity index (χ1) is 10.1. The fourth-order valence-corrected chi connectivity index (χ4v) is 1.93. The van der Waals surface area contributed by atoms with Crippen molar-refractivity contribution in [3.63, 3.8) is 0 Å². The van der Waals surface area contributed by atoms with E-state index < -0.39 is 11.5 Å². The Balaban J connectivity index is 2.36. The largest absolute Gasteiger partial charge is 0.508 e. The van der Waals surface area contributed by atoms with Gasteiger partial charge in [-0.1, -0.05) is 0 Å². The molecule has 1 aromatic carbocycles. The van der Waals surface area contributed by atoms with Gasteiger partial charge in [0.25, 0.3) is 11.3 Å². The Labute approximate surface area is 117 Å². The van der Waals surface area contributed by atoms with Crippen LogP contribution in [0.4, 0.5) is 0 Å². The molecule has 0 aliphatic rings. The fourth-order valence-electron chi connectivity index (χ4n) is 1.93. The van der Waals surface area contributed by atoms with Gasteiger partial charge in [-0.15, -0.1) is 10.2 Å². The average molecular weight is 286 g/mol. The first kappa shape index (κ1) is 13.0. The van der Waals surface area contributed by atoms with Gasteiger partial charge in [-0.3, -0.25) is 9.20 Å². The number of aromatic nitrogens is 4. The maximum Gasteiger partial charge on any atom is 0.345 e. The molecular weight excluding hydrogens is 276 g/mol. The van der Waals surface area contributed by atoms with Crippen LogP contribution in [-0.2, 0) is 4.74 Å². The van der Waals surface area contributed by atoms with Crippen LogP contribution >= 0.6 is 0 Å². The zero-order valence-electron chi connectivity index (χ0n) is 11.0. The molecule has 2 aromatic heterocycles. The summed E-state index contributed by atoms with van der Waals surface area (Å²) in [4.78, 5) is 27.3. The predicted molar refractivity (Wildman–Crippen MR) is 72.2 cm³/mol. The molecule has 0 saturated heterocycles. The number of hydrogen-bond donors (Lipinski definition) is 1. The minimum absolute atomic E-state index is 0.0215. The van der Waals surface area contributed by atoms with E-state index in [0.29, 0.717) is 11.0 Å². The van der Waals surface area contributed by atoms with Crippen molar-refractivity contribution in [2.75, 3.05) is 6.61 Å². The minimum Gasteiger partial charge on any atom is -0.508 e. The highest BCUT2D eigenvalue weighted by atomic mass is 16.5. The Morgan fingerprint density at radius 2 is 2.19 bits per heavy atom. The lowest BCUT2D eigenvalue weighted by Gasteiger charge is -2.06. The molecule has 21 heavy (non-hydrogen) atoms. The lowest BCUT2D eigenvalue weighted by atomic mass is 10.3. The summed E-state index contributed by atoms with van der Waals surface area (Å²) >= 11 is 0. The highest BCUT2D eigenvalue weighted by molar-refractivity contribution is 5.89. The number of hydrogen-bond acceptors (Lipinski definition) is 7. The normalized spacial score (nSPS) is 10.9. The molecule has 8 nitrogen and oxygen atoms in total. The van der Waals surface area contributed by atoms with Gasteiger partial charge in [0.15, 0.2) is 0 Å². The second-order valence-corrected chi connectivity index (χ2v) is 4.22. The standard InChI is InChI=1S/C13H10N4O4/c1-2-21-12(20)8-6-17-10-5-7(18)3-4-9(10)15-16-13(17)14-11(8)19/h3-6,18H,2H2,1H3. The Morgan fingerprint density at radius 1 is 1.38 bits per heavy atom. The number of fused-ring (bicyclic) bond motifs is 3. The van der Waals surface area contributed by atoms with Crippen LogP contribution in [0.3, 0.4) is 0 Å². The molecule has 0 atom stereocenters. The molecule has 3 rings (SSSR count). The summed E-state index contributed by atoms with van der Waals surface area (Å²) in [7, 11) is 0. The van der Waals surface area contributed by atoms with Crippen LogP contribution in [-0.4, -0.2) is 37.3 Å². The number of benzene rings is 1.